The van der Waals surface area contributed by atoms with Crippen LogP contribution >= 0.6 is 11.8 Å². The van der Waals surface area contributed by atoms with E-state index in [4.69, 9.17) is 4.74 Å². The molecule has 2 aromatic rings. The number of H-pyrrole nitrogens is 1. The van der Waals surface area contributed by atoms with Crippen LogP contribution in [0.4, 0.5) is 0 Å². The molecular formula is C12H17N5O2S. The van der Waals surface area contributed by atoms with Gasteiger partial charge in [0.15, 0.2) is 5.65 Å². The number of thioether (sulfide) groups is 1. The highest BCUT2D eigenvalue weighted by Crippen LogP contribution is 2.25. The van der Waals surface area contributed by atoms with Gasteiger partial charge in [0.05, 0.1) is 12.9 Å². The number of esters is 1. The molecule has 0 bridgehead atoms. The van der Waals surface area contributed by atoms with E-state index in [-0.39, 0.29) is 5.97 Å². The minimum atomic E-state index is -0.766. The lowest BCUT2D eigenvalue weighted by atomic mass is 10.1. The number of imidazole rings is 1. The van der Waals surface area contributed by atoms with Crippen molar-refractivity contribution in [1.82, 2.24) is 25.3 Å². The summed E-state index contributed by atoms with van der Waals surface area (Å²) in [6, 6.07) is 0. The van der Waals surface area contributed by atoms with Gasteiger partial charge in [-0.1, -0.05) is 0 Å². The predicted octanol–water partition coefficient (Wildman–Crippen LogP) is 0.986. The fourth-order valence-corrected chi connectivity index (χ4v) is 2.69. The quantitative estimate of drug-likeness (QED) is 0.466. The second kappa shape index (κ2) is 6.19. The molecule has 20 heavy (non-hydrogen) atoms. The van der Waals surface area contributed by atoms with Crippen molar-refractivity contribution in [2.24, 2.45) is 0 Å². The van der Waals surface area contributed by atoms with Crippen molar-refractivity contribution < 1.29 is 9.53 Å². The van der Waals surface area contributed by atoms with E-state index in [1.165, 1.54) is 18.1 Å². The zero-order valence-electron chi connectivity index (χ0n) is 11.6. The van der Waals surface area contributed by atoms with Crippen molar-refractivity contribution in [3.63, 3.8) is 0 Å². The minimum absolute atomic E-state index is 0.273. The van der Waals surface area contributed by atoms with Gasteiger partial charge in [-0.2, -0.15) is 0 Å². The number of hydrogen-bond acceptors (Lipinski definition) is 7. The molecule has 1 atom stereocenters. The first-order chi connectivity index (χ1) is 9.60. The third-order valence-electron chi connectivity index (χ3n) is 2.96. The van der Waals surface area contributed by atoms with Crippen LogP contribution in [0.5, 0.6) is 0 Å². The Bertz CT molecular complexity index is 602. The smallest absolute Gasteiger partial charge is 0.326 e. The standard InChI is InChI=1S/C12H17N5O2S/c1-4-19-11(18)12(2,13-3)5-20-10-8-9(15-6-14-8)16-7-17-10/h6-7,13H,4-5H2,1-3H3,(H,14,15,16,17). The van der Waals surface area contributed by atoms with Gasteiger partial charge in [-0.25, -0.2) is 15.0 Å². The number of aromatic nitrogens is 4. The maximum Gasteiger partial charge on any atom is 0.326 e. The highest BCUT2D eigenvalue weighted by molar-refractivity contribution is 7.99. The van der Waals surface area contributed by atoms with Gasteiger partial charge in [-0.3, -0.25) is 4.79 Å². The van der Waals surface area contributed by atoms with Gasteiger partial charge >= 0.3 is 5.97 Å². The number of aromatic amines is 1. The number of ether oxygens (including phenoxy) is 1. The third-order valence-corrected chi connectivity index (χ3v) is 4.27. The van der Waals surface area contributed by atoms with E-state index in [1.54, 1.807) is 20.3 Å². The molecule has 0 aliphatic carbocycles. The third kappa shape index (κ3) is 2.91. The number of rotatable bonds is 6. The van der Waals surface area contributed by atoms with Gasteiger partial charge in [0.25, 0.3) is 0 Å². The number of carbonyl (C=O) groups excluding carboxylic acids is 1. The Kier molecular flexibility index (Phi) is 4.56. The van der Waals surface area contributed by atoms with E-state index in [2.05, 4.69) is 25.3 Å². The molecule has 0 aliphatic heterocycles. The molecule has 0 aliphatic rings. The average molecular weight is 295 g/mol. The van der Waals surface area contributed by atoms with Gasteiger partial charge < -0.3 is 15.0 Å². The molecule has 0 amide bonds. The molecule has 0 saturated heterocycles. The summed E-state index contributed by atoms with van der Waals surface area (Å²) in [6.07, 6.45) is 3.04. The number of carbonyl (C=O) groups is 1. The molecule has 0 aromatic carbocycles. The summed E-state index contributed by atoms with van der Waals surface area (Å²) in [5.41, 5.74) is 0.627. The van der Waals surface area contributed by atoms with Gasteiger partial charge in [-0.05, 0) is 20.9 Å². The number of fused-ring (bicyclic) bond motifs is 1. The molecule has 2 heterocycles. The second-order valence-corrected chi connectivity index (χ2v) is 5.34. The van der Waals surface area contributed by atoms with Crippen molar-refractivity contribution in [3.8, 4) is 0 Å². The van der Waals surface area contributed by atoms with Crippen LogP contribution in [0.25, 0.3) is 11.2 Å². The van der Waals surface area contributed by atoms with Gasteiger partial charge in [-0.15, -0.1) is 11.8 Å². The van der Waals surface area contributed by atoms with E-state index in [9.17, 15) is 4.79 Å². The lowest BCUT2D eigenvalue weighted by molar-refractivity contribution is -0.149. The summed E-state index contributed by atoms with van der Waals surface area (Å²) in [4.78, 5) is 27.3. The Balaban J connectivity index is 2.14. The van der Waals surface area contributed by atoms with E-state index >= 15 is 0 Å². The predicted molar refractivity (Wildman–Crippen MR) is 76.5 cm³/mol. The first-order valence-electron chi connectivity index (χ1n) is 6.23. The Morgan fingerprint density at radius 3 is 3.00 bits per heavy atom. The fraction of sp³-hybridized carbons (Fsp3) is 0.500. The molecule has 108 valence electrons. The highest BCUT2D eigenvalue weighted by atomic mass is 32.2. The number of hydrogen-bond donors (Lipinski definition) is 2. The highest BCUT2D eigenvalue weighted by Gasteiger charge is 2.33. The van der Waals surface area contributed by atoms with Crippen molar-refractivity contribution in [3.05, 3.63) is 12.7 Å². The first kappa shape index (κ1) is 14.7. The Hall–Kier alpha value is -1.67. The van der Waals surface area contributed by atoms with E-state index in [0.29, 0.717) is 18.0 Å². The Labute approximate surface area is 120 Å². The zero-order valence-corrected chi connectivity index (χ0v) is 12.5. The summed E-state index contributed by atoms with van der Waals surface area (Å²) >= 11 is 1.45. The maximum atomic E-state index is 12.0. The Morgan fingerprint density at radius 1 is 1.50 bits per heavy atom. The van der Waals surface area contributed by atoms with Crippen molar-refractivity contribution >= 4 is 28.9 Å². The van der Waals surface area contributed by atoms with Crippen molar-refractivity contribution in [2.75, 3.05) is 19.4 Å². The van der Waals surface area contributed by atoms with Crippen LogP contribution in [0.1, 0.15) is 13.8 Å². The summed E-state index contributed by atoms with van der Waals surface area (Å²) in [6.45, 7) is 3.96. The molecule has 0 saturated carbocycles. The van der Waals surface area contributed by atoms with E-state index < -0.39 is 5.54 Å². The van der Waals surface area contributed by atoms with Crippen LogP contribution in [0.2, 0.25) is 0 Å². The molecule has 0 spiro atoms. The zero-order chi connectivity index (χ0) is 14.6. The van der Waals surface area contributed by atoms with Crippen molar-refractivity contribution in [2.45, 2.75) is 24.4 Å². The van der Waals surface area contributed by atoms with Gasteiger partial charge in [0.2, 0.25) is 0 Å². The van der Waals surface area contributed by atoms with Crippen molar-refractivity contribution in [1.29, 1.82) is 0 Å². The van der Waals surface area contributed by atoms with E-state index in [1.807, 2.05) is 6.92 Å². The van der Waals surface area contributed by atoms with Crippen LogP contribution in [0.3, 0.4) is 0 Å². The molecule has 7 nitrogen and oxygen atoms in total. The van der Waals surface area contributed by atoms with Crippen LogP contribution in [-0.4, -0.2) is 50.9 Å². The molecule has 1 unspecified atom stereocenters. The summed E-state index contributed by atoms with van der Waals surface area (Å²) < 4.78 is 5.09. The molecule has 0 fully saturated rings. The molecule has 0 radical (unpaired) electrons. The van der Waals surface area contributed by atoms with Crippen LogP contribution in [0, 0.1) is 0 Å². The topological polar surface area (TPSA) is 92.8 Å². The fourth-order valence-electron chi connectivity index (χ4n) is 1.59. The van der Waals surface area contributed by atoms with Gasteiger partial charge in [0, 0.05) is 5.75 Å². The number of nitrogens with one attached hydrogen (secondary N) is 2. The minimum Gasteiger partial charge on any atom is -0.465 e. The van der Waals surface area contributed by atoms with Crippen LogP contribution < -0.4 is 5.32 Å². The number of nitrogens with zero attached hydrogens (tertiary/aromatic N) is 3. The maximum absolute atomic E-state index is 12.0. The van der Waals surface area contributed by atoms with Gasteiger partial charge in [0.1, 0.15) is 22.4 Å². The SMILES string of the molecule is CCOC(=O)C(C)(CSc1ncnc2nc[nH]c12)NC. The van der Waals surface area contributed by atoms with Crippen LogP contribution in [-0.2, 0) is 9.53 Å². The Morgan fingerprint density at radius 2 is 2.30 bits per heavy atom. The number of likely N-dealkylation sites (N-methyl/N-ethyl adjacent to an activating group) is 1. The molecule has 8 heteroatoms. The molecule has 2 rings (SSSR count). The lowest BCUT2D eigenvalue weighted by Crippen LogP contribution is -2.50. The van der Waals surface area contributed by atoms with E-state index in [0.717, 1.165) is 10.5 Å². The summed E-state index contributed by atoms with van der Waals surface area (Å²) in [7, 11) is 1.74. The molecule has 2 aromatic heterocycles. The second-order valence-electron chi connectivity index (χ2n) is 4.37. The average Bonchev–Trinajstić information content (AvgIpc) is 2.93. The first-order valence-corrected chi connectivity index (χ1v) is 7.22. The molecule has 2 N–H and O–H groups in total. The molecular weight excluding hydrogens is 278 g/mol. The monoisotopic (exact) mass is 295 g/mol. The largest absolute Gasteiger partial charge is 0.465 e. The summed E-state index contributed by atoms with van der Waals surface area (Å²) in [5.74, 6) is 0.220. The normalized spacial score (nSPS) is 14.2. The summed E-state index contributed by atoms with van der Waals surface area (Å²) in [5, 5.41) is 3.77. The lowest BCUT2D eigenvalue weighted by Gasteiger charge is -2.25. The van der Waals surface area contributed by atoms with Crippen LogP contribution in [0.15, 0.2) is 17.7 Å².